The highest BCUT2D eigenvalue weighted by atomic mass is 16.2. The van der Waals surface area contributed by atoms with Gasteiger partial charge in [0.2, 0.25) is 0 Å². The van der Waals surface area contributed by atoms with Gasteiger partial charge in [0.25, 0.3) is 5.56 Å². The number of aromatic nitrogens is 2. The van der Waals surface area contributed by atoms with Crippen LogP contribution >= 0.6 is 0 Å². The number of nitrogen functional groups attached to an aromatic ring is 1. The van der Waals surface area contributed by atoms with Crippen LogP contribution in [-0.4, -0.2) is 21.1 Å². The maximum Gasteiger partial charge on any atom is 0.264 e. The van der Waals surface area contributed by atoms with E-state index in [0.717, 1.165) is 0 Å². The highest BCUT2D eigenvalue weighted by Crippen LogP contribution is 2.24. The molecule has 0 amide bonds. The third-order valence-corrected chi connectivity index (χ3v) is 3.26. The summed E-state index contributed by atoms with van der Waals surface area (Å²) in [4.78, 5) is 41.3. The number of rotatable bonds is 1. The van der Waals surface area contributed by atoms with Gasteiger partial charge in [0.05, 0.1) is 24.7 Å². The molecule has 0 bridgehead atoms. The lowest BCUT2D eigenvalue weighted by Gasteiger charge is -2.24. The van der Waals surface area contributed by atoms with Crippen LogP contribution in [0.15, 0.2) is 23.0 Å². The molecule has 2 unspecified atom stereocenters. The molecule has 1 fully saturated rings. The summed E-state index contributed by atoms with van der Waals surface area (Å²) in [5.74, 6) is -2.41. The predicted octanol–water partition coefficient (Wildman–Crippen LogP) is 1.15. The minimum absolute atomic E-state index is 0.0374. The van der Waals surface area contributed by atoms with Gasteiger partial charge in [-0.2, -0.15) is 0 Å². The van der Waals surface area contributed by atoms with Crippen LogP contribution in [0.1, 0.15) is 39.3 Å². The fourth-order valence-electron chi connectivity index (χ4n) is 2.29. The SMILES string of the molecule is [2H]c1cc(N)c2c(=O)n(C3C(=O)CC(=O)C([2H])([2H])C3[2H])c(C([2H])[2H])nc2c1. The summed E-state index contributed by atoms with van der Waals surface area (Å²) in [6.07, 6.45) is -5.43. The molecule has 1 saturated carbocycles. The van der Waals surface area contributed by atoms with Crippen LogP contribution in [0.3, 0.4) is 0 Å². The van der Waals surface area contributed by atoms with Crippen LogP contribution in [0.2, 0.25) is 0 Å². The van der Waals surface area contributed by atoms with E-state index >= 15 is 0 Å². The Hall–Kier alpha value is -2.50. The smallest absolute Gasteiger partial charge is 0.264 e. The van der Waals surface area contributed by atoms with Gasteiger partial charge < -0.3 is 5.73 Å². The molecule has 1 heterocycles. The van der Waals surface area contributed by atoms with Gasteiger partial charge in [-0.05, 0) is 25.4 Å². The zero-order valence-corrected chi connectivity index (χ0v) is 10.8. The van der Waals surface area contributed by atoms with Gasteiger partial charge in [-0.15, -0.1) is 0 Å². The number of nitrogens with zero attached hydrogens (tertiary/aromatic N) is 2. The van der Waals surface area contributed by atoms with E-state index in [-0.39, 0.29) is 22.6 Å². The first kappa shape index (κ1) is 8.07. The second-order valence-corrected chi connectivity index (χ2v) is 4.64. The third kappa shape index (κ3) is 2.12. The molecular weight excluding hydrogens is 270 g/mol. The van der Waals surface area contributed by atoms with E-state index in [1.54, 1.807) is 0 Å². The molecule has 6 heteroatoms. The van der Waals surface area contributed by atoms with Crippen LogP contribution < -0.4 is 11.3 Å². The molecule has 2 atom stereocenters. The van der Waals surface area contributed by atoms with Gasteiger partial charge in [0.1, 0.15) is 11.6 Å². The lowest BCUT2D eigenvalue weighted by Crippen LogP contribution is -2.36. The minimum atomic E-state index is -2.68. The zero-order valence-electron chi connectivity index (χ0n) is 16.8. The van der Waals surface area contributed by atoms with Crippen LogP contribution in [0, 0.1) is 6.88 Å². The van der Waals surface area contributed by atoms with Crippen molar-refractivity contribution in [2.75, 3.05) is 5.73 Å². The number of carbonyl (C=O) groups excluding carboxylic acids is 2. The van der Waals surface area contributed by atoms with Crippen molar-refractivity contribution >= 4 is 28.2 Å². The number of hydrogen-bond donors (Lipinski definition) is 1. The average Bonchev–Trinajstić information content (AvgIpc) is 2.54. The number of ketones is 2. The van der Waals surface area contributed by atoms with Gasteiger partial charge in [0, 0.05) is 18.9 Å². The first-order valence-corrected chi connectivity index (χ1v) is 6.11. The van der Waals surface area contributed by atoms with Crippen molar-refractivity contribution in [3.8, 4) is 0 Å². The molecule has 2 aromatic rings. The Kier molecular flexibility index (Phi) is 1.84. The normalized spacial score (nSPS) is 29.4. The van der Waals surface area contributed by atoms with E-state index in [9.17, 15) is 14.4 Å². The monoisotopic (exact) mass is 291 g/mol. The fraction of sp³-hybridized carbons (Fsp3) is 0.333. The van der Waals surface area contributed by atoms with Crippen molar-refractivity contribution in [2.45, 2.75) is 32.1 Å². The molecule has 1 aliphatic rings. The van der Waals surface area contributed by atoms with Gasteiger partial charge in [-0.1, -0.05) is 6.04 Å². The van der Waals surface area contributed by atoms with E-state index in [1.807, 2.05) is 0 Å². The number of hydrogen-bond acceptors (Lipinski definition) is 5. The maximum atomic E-state index is 13.0. The largest absolute Gasteiger partial charge is 0.398 e. The lowest BCUT2D eigenvalue weighted by atomic mass is 9.92. The second kappa shape index (κ2) is 4.80. The minimum Gasteiger partial charge on any atom is -0.398 e. The van der Waals surface area contributed by atoms with Crippen LogP contribution in [-0.2, 0) is 9.59 Å². The summed E-state index contributed by atoms with van der Waals surface area (Å²) in [5.41, 5.74) is 4.74. The highest BCUT2D eigenvalue weighted by molar-refractivity contribution is 6.03. The Morgan fingerprint density at radius 2 is 2.29 bits per heavy atom. The van der Waals surface area contributed by atoms with Crippen molar-refractivity contribution in [2.24, 2.45) is 0 Å². The number of benzene rings is 1. The van der Waals surface area contributed by atoms with E-state index in [1.165, 1.54) is 12.1 Å². The summed E-state index contributed by atoms with van der Waals surface area (Å²) in [5, 5.41) is -0.159. The molecule has 2 N–H and O–H groups in total. The van der Waals surface area contributed by atoms with Crippen LogP contribution in [0.25, 0.3) is 10.9 Å². The molecule has 0 radical (unpaired) electrons. The predicted molar refractivity (Wildman–Crippen MR) is 78.1 cm³/mol. The molecule has 1 aliphatic carbocycles. The summed E-state index contributed by atoms with van der Waals surface area (Å²) < 4.78 is 47.3. The van der Waals surface area contributed by atoms with Crippen molar-refractivity contribution in [3.05, 3.63) is 34.4 Å². The number of Topliss-reactive ketones (excluding diaryl/α,β-unsaturated/α-hetero) is 2. The Bertz CT molecular complexity index is 1040. The summed E-state index contributed by atoms with van der Waals surface area (Å²) in [6, 6.07) is 0.645. The van der Waals surface area contributed by atoms with Crippen molar-refractivity contribution in [3.63, 3.8) is 0 Å². The molecule has 1 aromatic heterocycles. The molecule has 0 aliphatic heterocycles. The summed E-state index contributed by atoms with van der Waals surface area (Å²) in [7, 11) is 0. The standard InChI is InChI=1S/C15H15N3O3/c1-8-17-11-4-2-3-10(16)14(11)15(21)18(8)12-6-5-9(19)7-13(12)20/h2-4,12H,5-7,16H2,1H3/i1D2,2D,5D2,6D. The molecule has 0 spiro atoms. The topological polar surface area (TPSA) is 95.0 Å². The van der Waals surface area contributed by atoms with E-state index < -0.39 is 55.1 Å². The van der Waals surface area contributed by atoms with E-state index in [4.69, 9.17) is 14.0 Å². The van der Waals surface area contributed by atoms with Crippen molar-refractivity contribution in [1.29, 1.82) is 0 Å². The van der Waals surface area contributed by atoms with E-state index in [2.05, 4.69) is 4.98 Å². The van der Waals surface area contributed by atoms with Crippen molar-refractivity contribution in [1.82, 2.24) is 9.55 Å². The number of aryl methyl sites for hydroxylation is 1. The lowest BCUT2D eigenvalue weighted by molar-refractivity contribution is -0.132. The average molecular weight is 291 g/mol. The van der Waals surface area contributed by atoms with E-state index in [0.29, 0.717) is 4.57 Å². The maximum absolute atomic E-state index is 13.0. The molecule has 1 aromatic carbocycles. The Balaban J connectivity index is 2.38. The molecule has 0 saturated heterocycles. The molecule has 21 heavy (non-hydrogen) atoms. The Labute approximate surface area is 129 Å². The Morgan fingerprint density at radius 1 is 1.48 bits per heavy atom. The molecule has 3 rings (SSSR count). The highest BCUT2D eigenvalue weighted by Gasteiger charge is 2.30. The number of carbonyl (C=O) groups is 2. The van der Waals surface area contributed by atoms with Gasteiger partial charge in [-0.25, -0.2) is 4.98 Å². The van der Waals surface area contributed by atoms with Crippen molar-refractivity contribution < 1.29 is 17.8 Å². The summed E-state index contributed by atoms with van der Waals surface area (Å²) >= 11 is 0. The zero-order chi connectivity index (χ0) is 20.3. The first-order valence-electron chi connectivity index (χ1n) is 9.35. The number of fused-ring (bicyclic) bond motifs is 1. The summed E-state index contributed by atoms with van der Waals surface area (Å²) in [6.45, 7) is -1.83. The molecular formula is C15H15N3O3. The number of anilines is 1. The van der Waals surface area contributed by atoms with Gasteiger partial charge in [0.15, 0.2) is 5.78 Å². The second-order valence-electron chi connectivity index (χ2n) is 4.64. The third-order valence-electron chi connectivity index (χ3n) is 3.26. The van der Waals surface area contributed by atoms with Gasteiger partial charge >= 0.3 is 0 Å². The first-order chi connectivity index (χ1) is 12.5. The van der Waals surface area contributed by atoms with Gasteiger partial charge in [-0.3, -0.25) is 19.0 Å². The fourth-order valence-corrected chi connectivity index (χ4v) is 2.29. The van der Waals surface area contributed by atoms with Crippen LogP contribution in [0.4, 0.5) is 5.69 Å². The molecule has 108 valence electrons. The molecule has 6 nitrogen and oxygen atoms in total. The Morgan fingerprint density at radius 3 is 3.05 bits per heavy atom. The van der Waals surface area contributed by atoms with Crippen LogP contribution in [0.5, 0.6) is 0 Å². The number of nitrogens with two attached hydrogens (primary N) is 1. The quantitative estimate of drug-likeness (QED) is 0.628.